The maximum Gasteiger partial charge on any atom is 0.252 e. The highest BCUT2D eigenvalue weighted by Gasteiger charge is 2.20. The van der Waals surface area contributed by atoms with E-state index < -0.39 is 0 Å². The van der Waals surface area contributed by atoms with Crippen LogP contribution in [0.5, 0.6) is 0 Å². The van der Waals surface area contributed by atoms with Crippen LogP contribution in [0.3, 0.4) is 0 Å². The number of anilines is 1. The fourth-order valence-corrected chi connectivity index (χ4v) is 2.66. The zero-order valence-electron chi connectivity index (χ0n) is 10.6. The van der Waals surface area contributed by atoms with E-state index in [4.69, 9.17) is 4.74 Å². The van der Waals surface area contributed by atoms with Gasteiger partial charge in [-0.1, -0.05) is 15.9 Å². The molecule has 1 aliphatic rings. The molecule has 4 heteroatoms. The Labute approximate surface area is 116 Å². The summed E-state index contributed by atoms with van der Waals surface area (Å²) >= 11 is 3.49. The van der Waals surface area contributed by atoms with Crippen LogP contribution in [0.4, 0.5) is 5.69 Å². The average molecular weight is 312 g/mol. The van der Waals surface area contributed by atoms with Crippen LogP contribution in [-0.2, 0) is 16.0 Å². The fourth-order valence-electron chi connectivity index (χ4n) is 2.25. The highest BCUT2D eigenvalue weighted by atomic mass is 79.9. The lowest BCUT2D eigenvalue weighted by Gasteiger charge is -2.23. The standard InChI is InChI=1S/C14H18BrNO2/c1-2-18-10-14(17)16-8-4-3-5-11-9-12(15)6-7-13(11)16/h6-7,9H,2-5,8,10H2,1H3. The molecular formula is C14H18BrNO2. The van der Waals surface area contributed by atoms with E-state index in [0.717, 1.165) is 36.0 Å². The molecule has 0 atom stereocenters. The topological polar surface area (TPSA) is 29.5 Å². The summed E-state index contributed by atoms with van der Waals surface area (Å²) in [5, 5.41) is 0. The molecule has 0 N–H and O–H groups in total. The van der Waals surface area contributed by atoms with Crippen molar-refractivity contribution in [2.75, 3.05) is 24.7 Å². The van der Waals surface area contributed by atoms with Gasteiger partial charge in [0.1, 0.15) is 6.61 Å². The minimum Gasteiger partial charge on any atom is -0.372 e. The summed E-state index contributed by atoms with van der Waals surface area (Å²) in [5.41, 5.74) is 2.28. The van der Waals surface area contributed by atoms with Gasteiger partial charge in [0.15, 0.2) is 0 Å². The summed E-state index contributed by atoms with van der Waals surface area (Å²) in [7, 11) is 0. The number of hydrogen-bond acceptors (Lipinski definition) is 2. The van der Waals surface area contributed by atoms with E-state index in [-0.39, 0.29) is 12.5 Å². The number of nitrogens with zero attached hydrogens (tertiary/aromatic N) is 1. The van der Waals surface area contributed by atoms with E-state index >= 15 is 0 Å². The Kier molecular flexibility index (Phi) is 4.78. The van der Waals surface area contributed by atoms with E-state index in [1.165, 1.54) is 5.56 Å². The van der Waals surface area contributed by atoms with Gasteiger partial charge in [-0.25, -0.2) is 0 Å². The Morgan fingerprint density at radius 3 is 3.06 bits per heavy atom. The van der Waals surface area contributed by atoms with E-state index in [2.05, 4.69) is 22.0 Å². The first-order valence-electron chi connectivity index (χ1n) is 6.39. The first-order valence-corrected chi connectivity index (χ1v) is 7.18. The molecule has 3 nitrogen and oxygen atoms in total. The van der Waals surface area contributed by atoms with Crippen LogP contribution >= 0.6 is 15.9 Å². The first kappa shape index (κ1) is 13.6. The van der Waals surface area contributed by atoms with E-state index in [0.29, 0.717) is 6.61 Å². The van der Waals surface area contributed by atoms with Gasteiger partial charge >= 0.3 is 0 Å². The van der Waals surface area contributed by atoms with Gasteiger partial charge in [0.05, 0.1) is 0 Å². The molecule has 1 aromatic rings. The van der Waals surface area contributed by atoms with Gasteiger partial charge in [-0.3, -0.25) is 4.79 Å². The minimum absolute atomic E-state index is 0.0577. The molecule has 0 saturated carbocycles. The maximum atomic E-state index is 12.1. The monoisotopic (exact) mass is 311 g/mol. The summed E-state index contributed by atoms with van der Waals surface area (Å²) in [4.78, 5) is 14.0. The Hall–Kier alpha value is -0.870. The van der Waals surface area contributed by atoms with Gasteiger partial charge < -0.3 is 9.64 Å². The third-order valence-electron chi connectivity index (χ3n) is 3.14. The van der Waals surface area contributed by atoms with Gasteiger partial charge in [0.25, 0.3) is 5.91 Å². The van der Waals surface area contributed by atoms with Gasteiger partial charge in [-0.15, -0.1) is 0 Å². The summed E-state index contributed by atoms with van der Waals surface area (Å²) in [6.07, 6.45) is 3.21. The molecule has 0 saturated heterocycles. The number of aryl methyl sites for hydroxylation is 1. The average Bonchev–Trinajstić information content (AvgIpc) is 2.57. The van der Waals surface area contributed by atoms with Crippen molar-refractivity contribution >= 4 is 27.5 Å². The number of ether oxygens (including phenoxy) is 1. The molecule has 1 heterocycles. The lowest BCUT2D eigenvalue weighted by Crippen LogP contribution is -2.34. The van der Waals surface area contributed by atoms with E-state index in [9.17, 15) is 4.79 Å². The predicted octanol–water partition coefficient (Wildman–Crippen LogP) is 3.15. The third kappa shape index (κ3) is 3.12. The molecule has 18 heavy (non-hydrogen) atoms. The number of hydrogen-bond donors (Lipinski definition) is 0. The van der Waals surface area contributed by atoms with Crippen molar-refractivity contribution in [1.29, 1.82) is 0 Å². The molecule has 0 unspecified atom stereocenters. The molecule has 98 valence electrons. The molecule has 0 aromatic heterocycles. The Balaban J connectivity index is 2.24. The largest absolute Gasteiger partial charge is 0.372 e. The molecule has 0 fully saturated rings. The molecule has 1 amide bonds. The molecule has 0 spiro atoms. The van der Waals surface area contributed by atoms with Crippen LogP contribution in [0.25, 0.3) is 0 Å². The smallest absolute Gasteiger partial charge is 0.252 e. The third-order valence-corrected chi connectivity index (χ3v) is 3.63. The Morgan fingerprint density at radius 1 is 1.44 bits per heavy atom. The number of benzene rings is 1. The molecule has 0 aliphatic carbocycles. The molecule has 0 radical (unpaired) electrons. The van der Waals surface area contributed by atoms with Crippen molar-refractivity contribution in [1.82, 2.24) is 0 Å². The summed E-state index contributed by atoms with van der Waals surface area (Å²) in [6.45, 7) is 3.44. The molecule has 2 rings (SSSR count). The number of halogens is 1. The van der Waals surface area contributed by atoms with E-state index in [1.807, 2.05) is 24.0 Å². The lowest BCUT2D eigenvalue weighted by molar-refractivity contribution is -0.122. The van der Waals surface area contributed by atoms with E-state index in [1.54, 1.807) is 0 Å². The van der Waals surface area contributed by atoms with Crippen molar-refractivity contribution in [3.05, 3.63) is 28.2 Å². The molecule has 1 aromatic carbocycles. The lowest BCUT2D eigenvalue weighted by atomic mass is 10.1. The number of carbonyl (C=O) groups excluding carboxylic acids is 1. The molecular weight excluding hydrogens is 294 g/mol. The second-order valence-corrected chi connectivity index (χ2v) is 5.33. The summed E-state index contributed by atoms with van der Waals surface area (Å²) in [5.74, 6) is 0.0577. The quantitative estimate of drug-likeness (QED) is 0.858. The van der Waals surface area contributed by atoms with Crippen molar-refractivity contribution in [3.63, 3.8) is 0 Å². The normalized spacial score (nSPS) is 15.1. The number of carbonyl (C=O) groups is 1. The number of amides is 1. The zero-order valence-corrected chi connectivity index (χ0v) is 12.2. The molecule has 0 bridgehead atoms. The highest BCUT2D eigenvalue weighted by molar-refractivity contribution is 9.10. The Morgan fingerprint density at radius 2 is 2.28 bits per heavy atom. The van der Waals surface area contributed by atoms with Gasteiger partial charge in [0.2, 0.25) is 0 Å². The SMILES string of the molecule is CCOCC(=O)N1CCCCc2cc(Br)ccc21. The van der Waals surface area contributed by atoms with Gasteiger partial charge in [-0.05, 0) is 49.9 Å². The summed E-state index contributed by atoms with van der Waals surface area (Å²) < 4.78 is 6.30. The van der Waals surface area contributed by atoms with Crippen LogP contribution in [0.15, 0.2) is 22.7 Å². The van der Waals surface area contributed by atoms with Crippen molar-refractivity contribution in [2.24, 2.45) is 0 Å². The van der Waals surface area contributed by atoms with Crippen LogP contribution < -0.4 is 4.90 Å². The van der Waals surface area contributed by atoms with Crippen molar-refractivity contribution < 1.29 is 9.53 Å². The fraction of sp³-hybridized carbons (Fsp3) is 0.500. The number of rotatable bonds is 3. The van der Waals surface area contributed by atoms with Gasteiger partial charge in [-0.2, -0.15) is 0 Å². The zero-order chi connectivity index (χ0) is 13.0. The number of fused-ring (bicyclic) bond motifs is 1. The first-order chi connectivity index (χ1) is 8.72. The van der Waals surface area contributed by atoms with Crippen LogP contribution in [0.2, 0.25) is 0 Å². The highest BCUT2D eigenvalue weighted by Crippen LogP contribution is 2.29. The Bertz CT molecular complexity index is 434. The van der Waals surface area contributed by atoms with Crippen LogP contribution in [0.1, 0.15) is 25.3 Å². The van der Waals surface area contributed by atoms with Crippen molar-refractivity contribution in [2.45, 2.75) is 26.2 Å². The van der Waals surface area contributed by atoms with Crippen molar-refractivity contribution in [3.8, 4) is 0 Å². The summed E-state index contributed by atoms with van der Waals surface area (Å²) in [6, 6.07) is 6.13. The van der Waals surface area contributed by atoms with Crippen LogP contribution in [0, 0.1) is 0 Å². The minimum atomic E-state index is 0.0577. The maximum absolute atomic E-state index is 12.1. The second kappa shape index (κ2) is 6.34. The predicted molar refractivity (Wildman–Crippen MR) is 75.9 cm³/mol. The van der Waals surface area contributed by atoms with Gasteiger partial charge in [0, 0.05) is 23.3 Å². The van der Waals surface area contributed by atoms with Crippen LogP contribution in [-0.4, -0.2) is 25.7 Å². The molecule has 1 aliphatic heterocycles. The second-order valence-electron chi connectivity index (χ2n) is 4.41.